The van der Waals surface area contributed by atoms with E-state index in [4.69, 9.17) is 0 Å². The number of halogens is 1. The summed E-state index contributed by atoms with van der Waals surface area (Å²) in [6.45, 7) is 7.35. The van der Waals surface area contributed by atoms with Crippen molar-refractivity contribution in [3.05, 3.63) is 70.0 Å². The summed E-state index contributed by atoms with van der Waals surface area (Å²) in [5.74, 6) is 0.0658. The van der Waals surface area contributed by atoms with Crippen LogP contribution in [-0.2, 0) is 32.2 Å². The van der Waals surface area contributed by atoms with Gasteiger partial charge in [-0.25, -0.2) is 0 Å². The number of carbonyl (C=O) groups is 1. The lowest BCUT2D eigenvalue weighted by Crippen LogP contribution is -2.37. The molecule has 0 unspecified atom stereocenters. The van der Waals surface area contributed by atoms with Crippen LogP contribution in [0.3, 0.4) is 0 Å². The zero-order valence-corrected chi connectivity index (χ0v) is 22.0. The van der Waals surface area contributed by atoms with Gasteiger partial charge in [-0.1, -0.05) is 24.3 Å². The second-order valence-corrected chi connectivity index (χ2v) is 10.9. The summed E-state index contributed by atoms with van der Waals surface area (Å²) in [6.07, 6.45) is 7.47. The number of fused-ring (bicyclic) bond motifs is 10. The van der Waals surface area contributed by atoms with Crippen molar-refractivity contribution in [3.8, 4) is 0 Å². The molecule has 5 nitrogen and oxygen atoms in total. The number of carbonyl (C=O) groups excluding carboxylic acids is 1. The molecule has 2 N–H and O–H groups in total. The molecule has 4 heterocycles. The molecule has 2 aliphatic carbocycles. The van der Waals surface area contributed by atoms with Gasteiger partial charge in [0.05, 0.1) is 11.0 Å². The maximum atomic E-state index is 12.0. The van der Waals surface area contributed by atoms with Crippen LogP contribution in [0.15, 0.2) is 36.4 Å². The number of benzene rings is 2. The Morgan fingerprint density at radius 1 is 0.778 bits per heavy atom. The van der Waals surface area contributed by atoms with Crippen molar-refractivity contribution in [2.45, 2.75) is 71.0 Å². The van der Waals surface area contributed by atoms with Crippen LogP contribution in [0.2, 0.25) is 0 Å². The van der Waals surface area contributed by atoms with Gasteiger partial charge in [0.25, 0.3) is 5.91 Å². The van der Waals surface area contributed by atoms with E-state index in [2.05, 4.69) is 63.9 Å². The van der Waals surface area contributed by atoms with Gasteiger partial charge in [-0.3, -0.25) is 4.79 Å². The van der Waals surface area contributed by atoms with Gasteiger partial charge in [-0.15, -0.1) is 12.4 Å². The minimum Gasteiger partial charge on any atom is -0.349 e. The van der Waals surface area contributed by atoms with Crippen LogP contribution in [0.1, 0.15) is 77.2 Å². The maximum absolute atomic E-state index is 12.0. The molecule has 0 fully saturated rings. The number of aromatic nitrogens is 2. The largest absolute Gasteiger partial charge is 0.349 e. The van der Waals surface area contributed by atoms with Gasteiger partial charge in [0.2, 0.25) is 0 Å². The van der Waals surface area contributed by atoms with E-state index < -0.39 is 0 Å². The highest BCUT2D eigenvalue weighted by atomic mass is 35.5. The molecule has 36 heavy (non-hydrogen) atoms. The number of nitrogens with zero attached hydrogens (tertiary/aromatic N) is 2. The van der Waals surface area contributed by atoms with E-state index in [1.807, 2.05) is 6.07 Å². The van der Waals surface area contributed by atoms with E-state index in [1.165, 1.54) is 70.7 Å². The summed E-state index contributed by atoms with van der Waals surface area (Å²) in [5, 5.41) is 9.11. The minimum atomic E-state index is 0. The van der Waals surface area contributed by atoms with Crippen molar-refractivity contribution in [1.29, 1.82) is 0 Å². The fourth-order valence-corrected chi connectivity index (χ4v) is 7.06. The molecule has 188 valence electrons. The highest BCUT2D eigenvalue weighted by Gasteiger charge is 2.27. The molecule has 0 radical (unpaired) electrons. The lowest BCUT2D eigenvalue weighted by atomic mass is 10.1. The first-order valence-corrected chi connectivity index (χ1v) is 13.4. The van der Waals surface area contributed by atoms with Crippen molar-refractivity contribution in [2.24, 2.45) is 0 Å². The molecule has 4 aliphatic rings. The molecule has 1 amide bonds. The lowest BCUT2D eigenvalue weighted by Gasteiger charge is -2.25. The van der Waals surface area contributed by atoms with Crippen LogP contribution in [0.25, 0.3) is 21.8 Å². The predicted octanol–water partition coefficient (Wildman–Crippen LogP) is 5.65. The Bertz CT molecular complexity index is 1500. The summed E-state index contributed by atoms with van der Waals surface area (Å²) < 4.78 is 4.83. The van der Waals surface area contributed by atoms with Crippen LogP contribution in [0.4, 0.5) is 0 Å². The van der Waals surface area contributed by atoms with Gasteiger partial charge >= 0.3 is 0 Å². The average Bonchev–Trinajstić information content (AvgIpc) is 3.63. The first-order valence-electron chi connectivity index (χ1n) is 13.4. The average molecular weight is 503 g/mol. The molecule has 6 heteroatoms. The van der Waals surface area contributed by atoms with Crippen molar-refractivity contribution < 1.29 is 4.79 Å². The van der Waals surface area contributed by atoms with E-state index in [0.29, 0.717) is 12.1 Å². The third-order valence-corrected chi connectivity index (χ3v) is 8.65. The van der Waals surface area contributed by atoms with Gasteiger partial charge in [-0.2, -0.15) is 0 Å². The summed E-state index contributed by atoms with van der Waals surface area (Å²) >= 11 is 0. The van der Waals surface area contributed by atoms with Gasteiger partial charge in [0.1, 0.15) is 5.69 Å². The fourth-order valence-electron chi connectivity index (χ4n) is 7.06. The number of hydrogen-bond acceptors (Lipinski definition) is 2. The number of nitrogens with one attached hydrogen (secondary N) is 2. The van der Waals surface area contributed by atoms with Gasteiger partial charge < -0.3 is 19.8 Å². The van der Waals surface area contributed by atoms with Crippen molar-refractivity contribution in [3.63, 3.8) is 0 Å². The summed E-state index contributed by atoms with van der Waals surface area (Å²) in [6, 6.07) is 14.4. The number of aryl methyl sites for hydroxylation is 4. The summed E-state index contributed by atoms with van der Waals surface area (Å²) in [7, 11) is 0. The highest BCUT2D eigenvalue weighted by Crippen LogP contribution is 2.36. The van der Waals surface area contributed by atoms with E-state index in [9.17, 15) is 4.79 Å². The fraction of sp³-hybridized carbons (Fsp3) is 0.433. The minimum absolute atomic E-state index is 0. The zero-order valence-electron chi connectivity index (χ0n) is 21.2. The second-order valence-electron chi connectivity index (χ2n) is 10.9. The summed E-state index contributed by atoms with van der Waals surface area (Å²) in [4.78, 5) is 12.0. The molecule has 4 aromatic rings. The monoisotopic (exact) mass is 502 g/mol. The first kappa shape index (κ1) is 23.6. The first-order chi connectivity index (χ1) is 17.1. The Labute approximate surface area is 218 Å². The molecular formula is C30H35ClN4O. The quantitative estimate of drug-likeness (QED) is 0.326. The highest BCUT2D eigenvalue weighted by molar-refractivity contribution is 6.00. The topological polar surface area (TPSA) is 51.0 Å². The molecule has 8 rings (SSSR count). The molecule has 2 atom stereocenters. The van der Waals surface area contributed by atoms with Gasteiger partial charge in [0.15, 0.2) is 0 Å². The molecule has 0 saturated carbocycles. The molecule has 2 aliphatic heterocycles. The SMILES string of the molecule is C[C@@H]1CNC(=O)c2cc3ccc4c(c3n21)CCC4.C[C@@H]1CNCc2cc3ccc4c(c3n21)CCC4.Cl. The molecule has 0 spiro atoms. The third-order valence-electron chi connectivity index (χ3n) is 8.65. The van der Waals surface area contributed by atoms with Crippen LogP contribution in [-0.4, -0.2) is 28.1 Å². The summed E-state index contributed by atoms with van der Waals surface area (Å²) in [5.41, 5.74) is 11.3. The molecule has 0 saturated heterocycles. The van der Waals surface area contributed by atoms with Gasteiger partial charge in [0, 0.05) is 48.2 Å². The van der Waals surface area contributed by atoms with Crippen molar-refractivity contribution >= 4 is 40.1 Å². The lowest BCUT2D eigenvalue weighted by molar-refractivity contribution is 0.0919. The Balaban J connectivity index is 0.000000130. The predicted molar refractivity (Wildman–Crippen MR) is 149 cm³/mol. The Kier molecular flexibility index (Phi) is 5.88. The molecule has 0 bridgehead atoms. The van der Waals surface area contributed by atoms with E-state index in [1.54, 1.807) is 11.1 Å². The van der Waals surface area contributed by atoms with Crippen molar-refractivity contribution in [2.75, 3.05) is 13.1 Å². The van der Waals surface area contributed by atoms with Crippen LogP contribution < -0.4 is 10.6 Å². The molecule has 2 aromatic carbocycles. The van der Waals surface area contributed by atoms with Gasteiger partial charge in [-0.05, 0) is 86.8 Å². The molecule has 2 aromatic heterocycles. The standard InChI is InChI=1S/C15H16N2O.C15H18N2.ClH/c1-9-8-16-15(18)13-7-11-6-5-10-3-2-4-12(10)14(11)17(9)13;1-10-8-16-9-13-7-12-6-5-11-3-2-4-14(11)15(12)17(10)13;/h5-7,9H,2-4,8H2,1H3,(H,16,18);5-7,10,16H,2-4,8-9H2,1H3;1H/t9-;10-;/m11./s1. The van der Waals surface area contributed by atoms with E-state index in [0.717, 1.165) is 31.7 Å². The second kappa shape index (κ2) is 8.97. The van der Waals surface area contributed by atoms with Crippen LogP contribution in [0.5, 0.6) is 0 Å². The van der Waals surface area contributed by atoms with E-state index in [-0.39, 0.29) is 18.3 Å². The normalized spacial score (nSPS) is 21.7. The van der Waals surface area contributed by atoms with Crippen LogP contribution in [0, 0.1) is 0 Å². The third kappa shape index (κ3) is 3.51. The van der Waals surface area contributed by atoms with Crippen molar-refractivity contribution in [1.82, 2.24) is 19.8 Å². The number of amides is 1. The smallest absolute Gasteiger partial charge is 0.268 e. The van der Waals surface area contributed by atoms with E-state index >= 15 is 0 Å². The number of rotatable bonds is 0. The van der Waals surface area contributed by atoms with Crippen LogP contribution >= 0.6 is 12.4 Å². The Morgan fingerprint density at radius 3 is 2.08 bits per heavy atom. The Morgan fingerprint density at radius 2 is 1.39 bits per heavy atom. The maximum Gasteiger partial charge on any atom is 0.268 e. The zero-order chi connectivity index (χ0) is 23.7. The Hall–Kier alpha value is -2.76. The number of hydrogen-bond donors (Lipinski definition) is 2. The molecular weight excluding hydrogens is 468 g/mol.